The minimum Gasteiger partial charge on any atom is -0.365 e. The van der Waals surface area contributed by atoms with E-state index in [9.17, 15) is 4.79 Å². The first-order valence-electron chi connectivity index (χ1n) is 6.77. The molecule has 19 heavy (non-hydrogen) atoms. The number of amides is 1. The summed E-state index contributed by atoms with van der Waals surface area (Å²) in [5.41, 5.74) is 12.6. The van der Waals surface area contributed by atoms with E-state index in [0.29, 0.717) is 23.7 Å². The molecule has 6 heteroatoms. The van der Waals surface area contributed by atoms with Crippen molar-refractivity contribution >= 4 is 11.7 Å². The van der Waals surface area contributed by atoms with Crippen LogP contribution in [0.1, 0.15) is 35.8 Å². The first-order valence-corrected chi connectivity index (χ1v) is 6.77. The van der Waals surface area contributed by atoms with Crippen molar-refractivity contribution in [1.82, 2.24) is 9.78 Å². The van der Waals surface area contributed by atoms with Gasteiger partial charge in [-0.15, -0.1) is 0 Å². The van der Waals surface area contributed by atoms with Gasteiger partial charge in [0, 0.05) is 26.2 Å². The second-order valence-corrected chi connectivity index (χ2v) is 5.39. The van der Waals surface area contributed by atoms with Gasteiger partial charge in [-0.1, -0.05) is 6.92 Å². The quantitative estimate of drug-likeness (QED) is 0.827. The summed E-state index contributed by atoms with van der Waals surface area (Å²) in [4.78, 5) is 13.9. The summed E-state index contributed by atoms with van der Waals surface area (Å²) in [5.74, 6) is 0.899. The smallest absolute Gasteiger partial charge is 0.254 e. The molecular weight excluding hydrogens is 242 g/mol. The first kappa shape index (κ1) is 13.9. The summed E-state index contributed by atoms with van der Waals surface area (Å²) in [7, 11) is 1.85. The van der Waals surface area contributed by atoms with Gasteiger partial charge in [0.05, 0.1) is 5.69 Å². The van der Waals surface area contributed by atoms with Crippen LogP contribution in [0.15, 0.2) is 0 Å². The van der Waals surface area contributed by atoms with Crippen LogP contribution in [-0.2, 0) is 7.05 Å². The fraction of sp³-hybridized carbons (Fsp3) is 0.692. The molecule has 0 saturated carbocycles. The van der Waals surface area contributed by atoms with Crippen molar-refractivity contribution in [3.63, 3.8) is 0 Å². The van der Waals surface area contributed by atoms with Crippen LogP contribution in [0.4, 0.5) is 5.82 Å². The molecule has 1 fully saturated rings. The fourth-order valence-electron chi connectivity index (χ4n) is 3.14. The van der Waals surface area contributed by atoms with Gasteiger partial charge in [0.2, 0.25) is 0 Å². The standard InChI is InChI=1S/C13H23N5O/c1-8-5-4-6-18(10(8)7-14)13-11(12(15)19)9(2)16-17(13)3/h8,10H,4-7,14H2,1-3H3,(H2,15,19). The van der Waals surface area contributed by atoms with Crippen LogP contribution in [0.5, 0.6) is 0 Å². The van der Waals surface area contributed by atoms with Crippen LogP contribution >= 0.6 is 0 Å². The van der Waals surface area contributed by atoms with Crippen LogP contribution in [0.2, 0.25) is 0 Å². The molecule has 1 saturated heterocycles. The highest BCUT2D eigenvalue weighted by atomic mass is 16.1. The number of anilines is 1. The number of hydrogen-bond acceptors (Lipinski definition) is 4. The zero-order valence-corrected chi connectivity index (χ0v) is 11.9. The average molecular weight is 265 g/mol. The Morgan fingerprint density at radius 2 is 2.21 bits per heavy atom. The summed E-state index contributed by atoms with van der Waals surface area (Å²) in [5, 5.41) is 4.33. The maximum atomic E-state index is 11.7. The minimum absolute atomic E-state index is 0.238. The lowest BCUT2D eigenvalue weighted by Gasteiger charge is -2.41. The second-order valence-electron chi connectivity index (χ2n) is 5.39. The van der Waals surface area contributed by atoms with Gasteiger partial charge in [0.25, 0.3) is 5.91 Å². The van der Waals surface area contributed by atoms with E-state index in [1.807, 2.05) is 14.0 Å². The molecule has 4 N–H and O–H groups in total. The number of carbonyl (C=O) groups is 1. The number of primary amides is 1. The number of aromatic nitrogens is 2. The highest BCUT2D eigenvalue weighted by molar-refractivity contribution is 5.99. The molecule has 1 aliphatic rings. The van der Waals surface area contributed by atoms with Crippen molar-refractivity contribution in [3.8, 4) is 0 Å². The van der Waals surface area contributed by atoms with Crippen molar-refractivity contribution in [3.05, 3.63) is 11.3 Å². The number of piperidine rings is 1. The van der Waals surface area contributed by atoms with Crippen molar-refractivity contribution in [2.75, 3.05) is 18.0 Å². The second kappa shape index (κ2) is 5.21. The molecule has 0 aliphatic carbocycles. The Labute approximate surface area is 113 Å². The van der Waals surface area contributed by atoms with Gasteiger partial charge < -0.3 is 16.4 Å². The van der Waals surface area contributed by atoms with Gasteiger partial charge in [-0.3, -0.25) is 9.48 Å². The molecule has 1 amide bonds. The van der Waals surface area contributed by atoms with Crippen molar-refractivity contribution < 1.29 is 4.79 Å². The average Bonchev–Trinajstić information content (AvgIpc) is 2.63. The molecule has 0 radical (unpaired) electrons. The SMILES string of the molecule is Cc1nn(C)c(N2CCCC(C)C2CN)c1C(N)=O. The van der Waals surface area contributed by atoms with Gasteiger partial charge >= 0.3 is 0 Å². The number of rotatable bonds is 3. The molecule has 2 rings (SSSR count). The summed E-state index contributed by atoms with van der Waals surface area (Å²) < 4.78 is 1.75. The normalized spacial score (nSPS) is 23.7. The minimum atomic E-state index is -0.422. The summed E-state index contributed by atoms with van der Waals surface area (Å²) in [6, 6.07) is 0.238. The van der Waals surface area contributed by atoms with Gasteiger partial charge in [-0.25, -0.2) is 0 Å². The predicted molar refractivity (Wildman–Crippen MR) is 75.0 cm³/mol. The van der Waals surface area contributed by atoms with Gasteiger partial charge in [0.1, 0.15) is 11.4 Å². The Hall–Kier alpha value is -1.56. The van der Waals surface area contributed by atoms with E-state index >= 15 is 0 Å². The molecule has 0 aromatic carbocycles. The highest BCUT2D eigenvalue weighted by Gasteiger charge is 2.32. The van der Waals surface area contributed by atoms with Crippen LogP contribution in [0.25, 0.3) is 0 Å². The Morgan fingerprint density at radius 3 is 2.79 bits per heavy atom. The molecule has 106 valence electrons. The maximum absolute atomic E-state index is 11.7. The predicted octanol–water partition coefficient (Wildman–Crippen LogP) is 0.391. The third kappa shape index (κ3) is 2.32. The lowest BCUT2D eigenvalue weighted by Crippen LogP contribution is -2.50. The molecular formula is C13H23N5O. The third-order valence-electron chi connectivity index (χ3n) is 4.07. The number of hydrogen-bond donors (Lipinski definition) is 2. The van der Waals surface area contributed by atoms with E-state index in [1.54, 1.807) is 4.68 Å². The molecule has 2 heterocycles. The molecule has 0 spiro atoms. The maximum Gasteiger partial charge on any atom is 0.254 e. The molecule has 6 nitrogen and oxygen atoms in total. The van der Waals surface area contributed by atoms with Crippen molar-refractivity contribution in [2.45, 2.75) is 32.7 Å². The number of nitrogens with zero attached hydrogens (tertiary/aromatic N) is 3. The molecule has 1 aliphatic heterocycles. The van der Waals surface area contributed by atoms with Gasteiger partial charge in [-0.05, 0) is 25.7 Å². The number of carbonyl (C=O) groups excluding carboxylic acids is 1. The number of nitrogens with two attached hydrogens (primary N) is 2. The van der Waals surface area contributed by atoms with E-state index in [0.717, 1.165) is 18.8 Å². The summed E-state index contributed by atoms with van der Waals surface area (Å²) in [6.45, 7) is 5.49. The summed E-state index contributed by atoms with van der Waals surface area (Å²) in [6.07, 6.45) is 2.27. The Kier molecular flexibility index (Phi) is 3.80. The lowest BCUT2D eigenvalue weighted by atomic mass is 9.90. The topological polar surface area (TPSA) is 90.2 Å². The van der Waals surface area contributed by atoms with Crippen molar-refractivity contribution in [2.24, 2.45) is 24.4 Å². The molecule has 2 atom stereocenters. The fourth-order valence-corrected chi connectivity index (χ4v) is 3.14. The Balaban J connectivity index is 2.48. The van der Waals surface area contributed by atoms with Crippen LogP contribution in [0.3, 0.4) is 0 Å². The van der Waals surface area contributed by atoms with Crippen LogP contribution in [0, 0.1) is 12.8 Å². The van der Waals surface area contributed by atoms with Crippen molar-refractivity contribution in [1.29, 1.82) is 0 Å². The van der Waals surface area contributed by atoms with E-state index in [4.69, 9.17) is 11.5 Å². The van der Waals surface area contributed by atoms with E-state index in [-0.39, 0.29) is 6.04 Å². The van der Waals surface area contributed by atoms with Gasteiger partial charge in [0.15, 0.2) is 0 Å². The van der Waals surface area contributed by atoms with E-state index in [2.05, 4.69) is 16.9 Å². The monoisotopic (exact) mass is 265 g/mol. The molecule has 0 bridgehead atoms. The molecule has 1 aromatic rings. The largest absolute Gasteiger partial charge is 0.365 e. The molecule has 2 unspecified atom stereocenters. The third-order valence-corrected chi connectivity index (χ3v) is 4.07. The van der Waals surface area contributed by atoms with Crippen LogP contribution < -0.4 is 16.4 Å². The lowest BCUT2D eigenvalue weighted by molar-refractivity contribution is 0.1000. The number of aryl methyl sites for hydroxylation is 2. The van der Waals surface area contributed by atoms with E-state index < -0.39 is 5.91 Å². The zero-order chi connectivity index (χ0) is 14.2. The summed E-state index contributed by atoms with van der Waals surface area (Å²) >= 11 is 0. The van der Waals surface area contributed by atoms with E-state index in [1.165, 1.54) is 6.42 Å². The Morgan fingerprint density at radius 1 is 1.53 bits per heavy atom. The van der Waals surface area contributed by atoms with Gasteiger partial charge in [-0.2, -0.15) is 5.10 Å². The molecule has 1 aromatic heterocycles. The zero-order valence-electron chi connectivity index (χ0n) is 11.9. The Bertz CT molecular complexity index is 482. The highest BCUT2D eigenvalue weighted by Crippen LogP contribution is 2.31. The first-order chi connectivity index (χ1) is 8.97. The van der Waals surface area contributed by atoms with Crippen LogP contribution in [-0.4, -0.2) is 34.8 Å².